The molecule has 13 heteroatoms. The van der Waals surface area contributed by atoms with Crippen LogP contribution in [0.3, 0.4) is 0 Å². The van der Waals surface area contributed by atoms with Gasteiger partial charge in [0.2, 0.25) is 17.4 Å². The van der Waals surface area contributed by atoms with Gasteiger partial charge in [0.05, 0.1) is 11.4 Å². The summed E-state index contributed by atoms with van der Waals surface area (Å²) in [5.74, 6) is -9.31. The van der Waals surface area contributed by atoms with Crippen molar-refractivity contribution in [1.82, 2.24) is 24.6 Å². The van der Waals surface area contributed by atoms with Crippen molar-refractivity contribution in [2.24, 2.45) is 4.99 Å². The Morgan fingerprint density at radius 2 is 1.88 bits per heavy atom. The van der Waals surface area contributed by atoms with Crippen LogP contribution in [0, 0.1) is 29.1 Å². The zero-order chi connectivity index (χ0) is 28.6. The van der Waals surface area contributed by atoms with Gasteiger partial charge in [0.25, 0.3) is 0 Å². The highest BCUT2D eigenvalue weighted by Crippen LogP contribution is 2.37. The largest absolute Gasteiger partial charge is 0.451 e. The van der Waals surface area contributed by atoms with Gasteiger partial charge in [-0.2, -0.15) is 13.9 Å². The highest BCUT2D eigenvalue weighted by atomic mass is 19.2. The molecule has 5 rings (SSSR count). The summed E-state index contributed by atoms with van der Waals surface area (Å²) >= 11 is 0. The zero-order valence-electron chi connectivity index (χ0n) is 21.3. The quantitative estimate of drug-likeness (QED) is 0.184. The summed E-state index contributed by atoms with van der Waals surface area (Å²) in [6, 6.07) is 3.22. The lowest BCUT2D eigenvalue weighted by atomic mass is 10.1. The van der Waals surface area contributed by atoms with E-state index in [-0.39, 0.29) is 29.2 Å². The van der Waals surface area contributed by atoms with Gasteiger partial charge in [-0.05, 0) is 37.1 Å². The van der Waals surface area contributed by atoms with Crippen LogP contribution in [0.2, 0.25) is 0 Å². The second-order valence-corrected chi connectivity index (χ2v) is 9.37. The molecule has 2 aromatic carbocycles. The predicted octanol–water partition coefficient (Wildman–Crippen LogP) is 5.46. The monoisotopic (exact) mass is 557 g/mol. The second kappa shape index (κ2) is 11.0. The molecule has 208 valence electrons. The molecule has 1 aliphatic rings. The fourth-order valence-corrected chi connectivity index (χ4v) is 4.83. The van der Waals surface area contributed by atoms with Crippen LogP contribution in [0.15, 0.2) is 47.7 Å². The maximum atomic E-state index is 15.4. The van der Waals surface area contributed by atoms with E-state index in [1.165, 1.54) is 18.5 Å². The van der Waals surface area contributed by atoms with E-state index in [2.05, 4.69) is 31.5 Å². The summed E-state index contributed by atoms with van der Waals surface area (Å²) < 4.78 is 77.3. The molecule has 3 heterocycles. The first-order valence-corrected chi connectivity index (χ1v) is 12.3. The summed E-state index contributed by atoms with van der Waals surface area (Å²) in [6.45, 7) is 6.15. The Kier molecular flexibility index (Phi) is 7.48. The lowest BCUT2D eigenvalue weighted by Gasteiger charge is -2.32. The minimum Gasteiger partial charge on any atom is -0.451 e. The van der Waals surface area contributed by atoms with Crippen molar-refractivity contribution >= 4 is 23.1 Å². The van der Waals surface area contributed by atoms with Gasteiger partial charge in [0, 0.05) is 44.0 Å². The number of anilines is 1. The molecule has 1 fully saturated rings. The van der Waals surface area contributed by atoms with Crippen LogP contribution in [-0.2, 0) is 0 Å². The Morgan fingerprint density at radius 3 is 2.58 bits per heavy atom. The maximum absolute atomic E-state index is 15.4. The van der Waals surface area contributed by atoms with Crippen molar-refractivity contribution in [3.63, 3.8) is 0 Å². The number of fused-ring (bicyclic) bond motifs is 1. The van der Waals surface area contributed by atoms with E-state index in [0.717, 1.165) is 31.0 Å². The maximum Gasteiger partial charge on any atom is 0.204 e. The molecule has 0 saturated carbocycles. The lowest BCUT2D eigenvalue weighted by Crippen LogP contribution is -2.38. The minimum absolute atomic E-state index is 0.0100. The van der Waals surface area contributed by atoms with Crippen LogP contribution >= 0.6 is 0 Å². The Balaban J connectivity index is 1.50. The van der Waals surface area contributed by atoms with Gasteiger partial charge >= 0.3 is 0 Å². The van der Waals surface area contributed by atoms with E-state index in [1.54, 1.807) is 17.9 Å². The van der Waals surface area contributed by atoms with Crippen molar-refractivity contribution in [3.8, 4) is 22.8 Å². The number of halogens is 5. The molecule has 1 unspecified atom stereocenters. The van der Waals surface area contributed by atoms with Gasteiger partial charge in [-0.25, -0.2) is 27.8 Å². The molecule has 0 bridgehead atoms. The second-order valence-electron chi connectivity index (χ2n) is 9.37. The average molecular weight is 558 g/mol. The number of hydrogen-bond acceptors (Lipinski definition) is 7. The number of likely N-dealkylation sites (tertiary alicyclic amines) is 1. The molecule has 0 aliphatic carbocycles. The molecule has 8 nitrogen and oxygen atoms in total. The summed E-state index contributed by atoms with van der Waals surface area (Å²) in [6.07, 6.45) is 4.69. The Bertz CT molecular complexity index is 1610. The smallest absolute Gasteiger partial charge is 0.204 e. The molecule has 1 aliphatic heterocycles. The van der Waals surface area contributed by atoms with Crippen LogP contribution in [-0.4, -0.2) is 57.5 Å². The van der Waals surface area contributed by atoms with Crippen molar-refractivity contribution in [1.29, 1.82) is 0 Å². The highest BCUT2D eigenvalue weighted by Gasteiger charge is 2.28. The van der Waals surface area contributed by atoms with Gasteiger partial charge < -0.3 is 10.5 Å². The zero-order valence-corrected chi connectivity index (χ0v) is 21.3. The van der Waals surface area contributed by atoms with E-state index in [9.17, 15) is 17.6 Å². The number of piperidine rings is 1. The van der Waals surface area contributed by atoms with Crippen molar-refractivity contribution < 1.29 is 26.7 Å². The first kappa shape index (κ1) is 27.2. The third-order valence-corrected chi connectivity index (χ3v) is 6.57. The van der Waals surface area contributed by atoms with Crippen molar-refractivity contribution in [2.45, 2.75) is 18.9 Å². The molecule has 1 saturated heterocycles. The Hall–Kier alpha value is -4.39. The number of hydrogen-bond donors (Lipinski definition) is 1. The summed E-state index contributed by atoms with van der Waals surface area (Å²) in [4.78, 5) is 14.6. The first-order valence-electron chi connectivity index (χ1n) is 12.3. The number of aromatic nitrogens is 4. The average Bonchev–Trinajstić information content (AvgIpc) is 3.31. The molecular weight excluding hydrogens is 533 g/mol. The molecule has 4 aromatic rings. The van der Waals surface area contributed by atoms with Crippen molar-refractivity contribution in [3.05, 3.63) is 71.8 Å². The summed E-state index contributed by atoms with van der Waals surface area (Å²) in [7, 11) is 1.68. The molecular formula is C27H24F5N7O. The first-order chi connectivity index (χ1) is 19.2. The van der Waals surface area contributed by atoms with E-state index < -0.39 is 40.6 Å². The van der Waals surface area contributed by atoms with Gasteiger partial charge in [0.1, 0.15) is 29.4 Å². The minimum atomic E-state index is -1.75. The van der Waals surface area contributed by atoms with Gasteiger partial charge in [-0.15, -0.1) is 0 Å². The normalized spacial score (nSPS) is 16.2. The topological polar surface area (TPSA) is 94.5 Å². The number of nitrogen functional groups attached to an aromatic ring is 1. The fourth-order valence-electron chi connectivity index (χ4n) is 4.83. The van der Waals surface area contributed by atoms with E-state index in [1.807, 2.05) is 0 Å². The van der Waals surface area contributed by atoms with E-state index in [4.69, 9.17) is 10.5 Å². The standard InChI is InChI=1S/C27H24F5N7O/c1-14(10-34-2)11-38-7-3-4-15(12-38)39-27-21(26(33)35-13-36-27)24(37-39)17-6-5-16(8-18(17)28)40-25-22(31)19(29)9-20(30)23(25)32/h5-6,8-10,13,15H,1,3-4,7,11-12H2,2H3,(H2,33,35,36). The van der Waals surface area contributed by atoms with Gasteiger partial charge in [0.15, 0.2) is 17.3 Å². The summed E-state index contributed by atoms with van der Waals surface area (Å²) in [5, 5.41) is 5.01. The molecule has 40 heavy (non-hydrogen) atoms. The third kappa shape index (κ3) is 5.11. The van der Waals surface area contributed by atoms with E-state index in [0.29, 0.717) is 24.1 Å². The third-order valence-electron chi connectivity index (χ3n) is 6.57. The number of rotatable bonds is 7. The van der Waals surface area contributed by atoms with Crippen LogP contribution in [0.1, 0.15) is 18.9 Å². The highest BCUT2D eigenvalue weighted by molar-refractivity contribution is 5.98. The molecule has 0 radical (unpaired) electrons. The Morgan fingerprint density at radius 1 is 1.12 bits per heavy atom. The molecule has 2 aromatic heterocycles. The van der Waals surface area contributed by atoms with Crippen LogP contribution in [0.5, 0.6) is 11.5 Å². The van der Waals surface area contributed by atoms with Crippen LogP contribution in [0.4, 0.5) is 27.8 Å². The van der Waals surface area contributed by atoms with Crippen molar-refractivity contribution in [2.75, 3.05) is 32.4 Å². The molecule has 0 spiro atoms. The number of ether oxygens (including phenoxy) is 1. The molecule has 2 N–H and O–H groups in total. The fraction of sp³-hybridized carbons (Fsp3) is 0.259. The van der Waals surface area contributed by atoms with E-state index >= 15 is 4.39 Å². The predicted molar refractivity (Wildman–Crippen MR) is 140 cm³/mol. The van der Waals surface area contributed by atoms with Gasteiger partial charge in [-0.1, -0.05) is 6.58 Å². The number of benzene rings is 2. The number of nitrogens with two attached hydrogens (primary N) is 1. The lowest BCUT2D eigenvalue weighted by molar-refractivity contribution is 0.186. The Labute approximate surface area is 225 Å². The molecule has 1 atom stereocenters. The number of nitrogens with zero attached hydrogens (tertiary/aromatic N) is 6. The summed E-state index contributed by atoms with van der Waals surface area (Å²) in [5.41, 5.74) is 7.60. The SMILES string of the molecule is C=C(C=NC)CN1CCCC(n2nc(-c3ccc(Oc4c(F)c(F)cc(F)c4F)cc3F)c3c(N)ncnc32)C1. The molecule has 0 amide bonds. The van der Waals surface area contributed by atoms with Gasteiger partial charge in [-0.3, -0.25) is 9.89 Å². The van der Waals surface area contributed by atoms with Crippen LogP contribution < -0.4 is 10.5 Å². The van der Waals surface area contributed by atoms with Crippen LogP contribution in [0.25, 0.3) is 22.3 Å². The number of aliphatic imine (C=N–C) groups is 1.